The zero-order valence-corrected chi connectivity index (χ0v) is 19.8. The van der Waals surface area contributed by atoms with Crippen LogP contribution < -0.4 is 10.1 Å². The Morgan fingerprint density at radius 1 is 1.00 bits per heavy atom. The minimum Gasteiger partial charge on any atom is -0.497 e. The van der Waals surface area contributed by atoms with Gasteiger partial charge in [0.25, 0.3) is 0 Å². The number of carbonyl (C=O) groups is 1. The van der Waals surface area contributed by atoms with Gasteiger partial charge in [-0.15, -0.1) is 0 Å². The minimum atomic E-state index is -0.155. The van der Waals surface area contributed by atoms with Crippen molar-refractivity contribution in [2.75, 3.05) is 7.11 Å². The maximum absolute atomic E-state index is 12.7. The van der Waals surface area contributed by atoms with E-state index in [-0.39, 0.29) is 11.9 Å². The molecule has 172 valence electrons. The van der Waals surface area contributed by atoms with Crippen LogP contribution in [0.3, 0.4) is 0 Å². The van der Waals surface area contributed by atoms with Gasteiger partial charge in [0.15, 0.2) is 0 Å². The molecule has 0 fully saturated rings. The molecule has 0 radical (unpaired) electrons. The minimum absolute atomic E-state index is 0.00260. The van der Waals surface area contributed by atoms with E-state index in [0.717, 1.165) is 41.1 Å². The summed E-state index contributed by atoms with van der Waals surface area (Å²) in [6.07, 6.45) is 9.27. The highest BCUT2D eigenvalue weighted by molar-refractivity contribution is 5.79. The number of hydrogen-bond acceptors (Lipinski definition) is 3. The van der Waals surface area contributed by atoms with E-state index in [1.54, 1.807) is 7.11 Å². The largest absolute Gasteiger partial charge is 0.497 e. The van der Waals surface area contributed by atoms with E-state index in [0.29, 0.717) is 6.42 Å². The zero-order valence-electron chi connectivity index (χ0n) is 19.8. The molecule has 1 N–H and O–H groups in total. The predicted octanol–water partition coefficient (Wildman–Crippen LogP) is 6.22. The number of imidazole rings is 1. The van der Waals surface area contributed by atoms with Gasteiger partial charge in [0, 0.05) is 6.54 Å². The van der Waals surface area contributed by atoms with E-state index < -0.39 is 0 Å². The number of nitrogens with zero attached hydrogens (tertiary/aromatic N) is 2. The fraction of sp³-hybridized carbons (Fsp3) is 0.481. The van der Waals surface area contributed by atoms with Gasteiger partial charge in [0.2, 0.25) is 5.91 Å². The summed E-state index contributed by atoms with van der Waals surface area (Å²) in [7, 11) is 1.64. The summed E-state index contributed by atoms with van der Waals surface area (Å²) >= 11 is 0. The maximum atomic E-state index is 12.7. The van der Waals surface area contributed by atoms with Crippen molar-refractivity contribution in [2.45, 2.75) is 77.8 Å². The SMILES string of the molecule is CCCCCCCCCn1c(C(C)NC(=O)Cc2ccc(OC)cc2)nc2ccccc21. The van der Waals surface area contributed by atoms with Crippen molar-refractivity contribution in [2.24, 2.45) is 0 Å². The first-order chi connectivity index (χ1) is 15.6. The molecule has 5 nitrogen and oxygen atoms in total. The van der Waals surface area contributed by atoms with Gasteiger partial charge < -0.3 is 14.6 Å². The number of rotatable bonds is 13. The number of methoxy groups -OCH3 is 1. The highest BCUT2D eigenvalue weighted by atomic mass is 16.5. The Hall–Kier alpha value is -2.82. The number of carbonyl (C=O) groups excluding carboxylic acids is 1. The lowest BCUT2D eigenvalue weighted by Gasteiger charge is -2.16. The van der Waals surface area contributed by atoms with Gasteiger partial charge >= 0.3 is 0 Å². The molecule has 0 saturated carbocycles. The molecular weight excluding hydrogens is 398 g/mol. The molecule has 3 rings (SSSR count). The number of unbranched alkanes of at least 4 members (excludes halogenated alkanes) is 6. The van der Waals surface area contributed by atoms with Crippen molar-refractivity contribution >= 4 is 16.9 Å². The van der Waals surface area contributed by atoms with Gasteiger partial charge in [-0.1, -0.05) is 69.7 Å². The van der Waals surface area contributed by atoms with E-state index >= 15 is 0 Å². The van der Waals surface area contributed by atoms with Crippen LogP contribution in [0.25, 0.3) is 11.0 Å². The van der Waals surface area contributed by atoms with E-state index in [4.69, 9.17) is 9.72 Å². The fourth-order valence-electron chi connectivity index (χ4n) is 4.17. The van der Waals surface area contributed by atoms with Gasteiger partial charge in [-0.2, -0.15) is 0 Å². The number of benzene rings is 2. The predicted molar refractivity (Wildman–Crippen MR) is 131 cm³/mol. The molecule has 3 aromatic rings. The number of para-hydroxylation sites is 2. The van der Waals surface area contributed by atoms with Gasteiger partial charge in [0.1, 0.15) is 11.6 Å². The number of ether oxygens (including phenoxy) is 1. The zero-order chi connectivity index (χ0) is 22.8. The molecule has 1 aromatic heterocycles. The molecule has 1 heterocycles. The van der Waals surface area contributed by atoms with Crippen LogP contribution >= 0.6 is 0 Å². The lowest BCUT2D eigenvalue weighted by atomic mass is 10.1. The summed E-state index contributed by atoms with van der Waals surface area (Å²) in [4.78, 5) is 17.5. The van der Waals surface area contributed by atoms with E-state index in [1.807, 2.05) is 43.3 Å². The molecule has 0 spiro atoms. The average Bonchev–Trinajstić information content (AvgIpc) is 3.18. The number of hydrogen-bond donors (Lipinski definition) is 1. The molecule has 0 aliphatic heterocycles. The lowest BCUT2D eigenvalue weighted by molar-refractivity contribution is -0.121. The van der Waals surface area contributed by atoms with Crippen LogP contribution in [0.2, 0.25) is 0 Å². The second-order valence-electron chi connectivity index (χ2n) is 8.55. The van der Waals surface area contributed by atoms with Crippen LogP contribution in [0, 0.1) is 0 Å². The van der Waals surface area contributed by atoms with Crippen LogP contribution in [0.4, 0.5) is 0 Å². The normalized spacial score (nSPS) is 12.1. The summed E-state index contributed by atoms with van der Waals surface area (Å²) in [6.45, 7) is 5.21. The first kappa shape index (κ1) is 23.8. The quantitative estimate of drug-likeness (QED) is 0.324. The van der Waals surface area contributed by atoms with Gasteiger partial charge in [-0.3, -0.25) is 4.79 Å². The molecule has 1 amide bonds. The third-order valence-electron chi connectivity index (χ3n) is 5.96. The van der Waals surface area contributed by atoms with Crippen molar-refractivity contribution in [3.05, 3.63) is 59.9 Å². The third-order valence-corrected chi connectivity index (χ3v) is 5.96. The van der Waals surface area contributed by atoms with E-state index in [1.165, 1.54) is 38.5 Å². The molecule has 0 aliphatic carbocycles. The number of aryl methyl sites for hydroxylation is 1. The van der Waals surface area contributed by atoms with Crippen LogP contribution in [0.5, 0.6) is 5.75 Å². The highest BCUT2D eigenvalue weighted by Crippen LogP contribution is 2.22. The Labute approximate surface area is 192 Å². The molecule has 0 bridgehead atoms. The van der Waals surface area contributed by atoms with Crippen LogP contribution in [-0.4, -0.2) is 22.6 Å². The first-order valence-corrected chi connectivity index (χ1v) is 12.0. The van der Waals surface area contributed by atoms with Crippen molar-refractivity contribution in [1.82, 2.24) is 14.9 Å². The van der Waals surface area contributed by atoms with Crippen LogP contribution in [-0.2, 0) is 17.8 Å². The molecule has 1 atom stereocenters. The second-order valence-corrected chi connectivity index (χ2v) is 8.55. The molecule has 1 unspecified atom stereocenters. The monoisotopic (exact) mass is 435 g/mol. The standard InChI is InChI=1S/C27H37N3O2/c1-4-5-6-7-8-9-12-19-30-25-14-11-10-13-24(25)29-27(30)21(2)28-26(31)20-22-15-17-23(32-3)18-16-22/h10-11,13-18,21H,4-9,12,19-20H2,1-3H3,(H,28,31). The van der Waals surface area contributed by atoms with Gasteiger partial charge in [0.05, 0.1) is 30.6 Å². The first-order valence-electron chi connectivity index (χ1n) is 12.0. The molecule has 2 aromatic carbocycles. The Balaban J connectivity index is 1.62. The van der Waals surface area contributed by atoms with Crippen molar-refractivity contribution in [3.63, 3.8) is 0 Å². The summed E-state index contributed by atoms with van der Waals surface area (Å²) in [6, 6.07) is 15.7. The topological polar surface area (TPSA) is 56.2 Å². The number of nitrogens with one attached hydrogen (secondary N) is 1. The second kappa shape index (κ2) is 12.3. The Morgan fingerprint density at radius 2 is 1.69 bits per heavy atom. The van der Waals surface area contributed by atoms with Gasteiger partial charge in [-0.05, 0) is 43.2 Å². The Kier molecular flexibility index (Phi) is 9.14. The van der Waals surface area contributed by atoms with Crippen molar-refractivity contribution in [3.8, 4) is 5.75 Å². The Bertz CT molecular complexity index is 978. The van der Waals surface area contributed by atoms with Crippen LogP contribution in [0.1, 0.15) is 76.2 Å². The smallest absolute Gasteiger partial charge is 0.224 e. The Morgan fingerprint density at radius 3 is 2.41 bits per heavy atom. The van der Waals surface area contributed by atoms with E-state index in [9.17, 15) is 4.79 Å². The highest BCUT2D eigenvalue weighted by Gasteiger charge is 2.18. The fourth-order valence-corrected chi connectivity index (χ4v) is 4.17. The number of amides is 1. The van der Waals surface area contributed by atoms with Crippen molar-refractivity contribution in [1.29, 1.82) is 0 Å². The molecule has 0 aliphatic rings. The number of fused-ring (bicyclic) bond motifs is 1. The molecule has 5 heteroatoms. The van der Waals surface area contributed by atoms with Crippen molar-refractivity contribution < 1.29 is 9.53 Å². The third kappa shape index (κ3) is 6.59. The lowest BCUT2D eigenvalue weighted by Crippen LogP contribution is -2.30. The molecule has 32 heavy (non-hydrogen) atoms. The summed E-state index contributed by atoms with van der Waals surface area (Å²) in [5, 5.41) is 3.15. The summed E-state index contributed by atoms with van der Waals surface area (Å²) in [5.41, 5.74) is 3.10. The summed E-state index contributed by atoms with van der Waals surface area (Å²) < 4.78 is 7.48. The molecule has 0 saturated heterocycles. The maximum Gasteiger partial charge on any atom is 0.224 e. The van der Waals surface area contributed by atoms with Gasteiger partial charge in [-0.25, -0.2) is 4.98 Å². The molecular formula is C27H37N3O2. The average molecular weight is 436 g/mol. The number of aromatic nitrogens is 2. The van der Waals surface area contributed by atoms with Crippen LogP contribution in [0.15, 0.2) is 48.5 Å². The summed E-state index contributed by atoms with van der Waals surface area (Å²) in [5.74, 6) is 1.72. The van der Waals surface area contributed by atoms with E-state index in [2.05, 4.69) is 28.9 Å².